The normalized spacial score (nSPS) is 13.3. The smallest absolute Gasteiger partial charge is 0.326 e. The van der Waals surface area contributed by atoms with Gasteiger partial charge < -0.3 is 25.7 Å². The fraction of sp³-hybridized carbons (Fsp3) is 0.727. The molecule has 0 rings (SSSR count). The number of carboxylic acids is 1. The van der Waals surface area contributed by atoms with Crippen LogP contribution in [-0.2, 0) is 9.59 Å². The molecule has 0 heterocycles. The Balaban J connectivity index is 4.36. The molecule has 2 atom stereocenters. The van der Waals surface area contributed by atoms with Crippen molar-refractivity contribution in [3.8, 4) is 0 Å². The zero-order valence-corrected chi connectivity index (χ0v) is 11.3. The number of likely N-dealkylation sites (N-methyl/N-ethyl adjacent to an activating group) is 1. The number of nitrogens with one attached hydrogen (secondary N) is 2. The largest absolute Gasteiger partial charge is 0.480 e. The maximum absolute atomic E-state index is 11.7. The number of amides is 3. The zero-order valence-electron chi connectivity index (χ0n) is 11.3. The summed E-state index contributed by atoms with van der Waals surface area (Å²) in [4.78, 5) is 35.4. The summed E-state index contributed by atoms with van der Waals surface area (Å²) in [7, 11) is 1.60. The highest BCUT2D eigenvalue weighted by molar-refractivity contribution is 5.88. The van der Waals surface area contributed by atoms with Crippen LogP contribution in [0.25, 0.3) is 0 Å². The number of rotatable bonds is 7. The van der Waals surface area contributed by atoms with E-state index < -0.39 is 24.1 Å². The predicted molar refractivity (Wildman–Crippen MR) is 67.6 cm³/mol. The lowest BCUT2D eigenvalue weighted by atomic mass is 10.2. The number of aliphatic hydroxyl groups excluding tert-OH is 1. The molecule has 8 heteroatoms. The van der Waals surface area contributed by atoms with E-state index in [0.717, 1.165) is 0 Å². The third kappa shape index (κ3) is 6.05. The highest BCUT2D eigenvalue weighted by Crippen LogP contribution is 1.94. The SMILES string of the molecule is CCN(C)C(=O)C(C)NC(=O)NC(CCO)C(=O)O. The van der Waals surface area contributed by atoms with E-state index in [1.165, 1.54) is 11.8 Å². The minimum absolute atomic E-state index is 0.0973. The van der Waals surface area contributed by atoms with Gasteiger partial charge in [-0.25, -0.2) is 9.59 Å². The second-order valence-corrected chi connectivity index (χ2v) is 4.10. The molecule has 0 aliphatic carbocycles. The molecule has 0 bridgehead atoms. The molecule has 3 amide bonds. The fourth-order valence-electron chi connectivity index (χ4n) is 1.33. The second-order valence-electron chi connectivity index (χ2n) is 4.10. The summed E-state index contributed by atoms with van der Waals surface area (Å²) in [6.07, 6.45) is -0.0973. The molecular weight excluding hydrogens is 254 g/mol. The number of carbonyl (C=O) groups is 3. The van der Waals surface area contributed by atoms with Crippen molar-refractivity contribution in [3.63, 3.8) is 0 Å². The van der Waals surface area contributed by atoms with Gasteiger partial charge in [0.2, 0.25) is 5.91 Å². The first kappa shape index (κ1) is 17.2. The van der Waals surface area contributed by atoms with E-state index >= 15 is 0 Å². The van der Waals surface area contributed by atoms with Gasteiger partial charge in [0.05, 0.1) is 0 Å². The van der Waals surface area contributed by atoms with Gasteiger partial charge in [0.15, 0.2) is 0 Å². The van der Waals surface area contributed by atoms with Crippen LogP contribution in [0.2, 0.25) is 0 Å². The van der Waals surface area contributed by atoms with Crippen LogP contribution in [-0.4, -0.2) is 65.3 Å². The number of hydrogen-bond acceptors (Lipinski definition) is 4. The lowest BCUT2D eigenvalue weighted by Crippen LogP contribution is -2.52. The van der Waals surface area contributed by atoms with Crippen molar-refractivity contribution in [2.75, 3.05) is 20.2 Å². The van der Waals surface area contributed by atoms with E-state index in [2.05, 4.69) is 10.6 Å². The summed E-state index contributed by atoms with van der Waals surface area (Å²) in [5.74, 6) is -1.51. The highest BCUT2D eigenvalue weighted by atomic mass is 16.4. The third-order valence-electron chi connectivity index (χ3n) is 2.59. The minimum atomic E-state index is -1.24. The van der Waals surface area contributed by atoms with Gasteiger partial charge in [0.25, 0.3) is 0 Å². The standard InChI is InChI=1S/C11H21N3O5/c1-4-14(3)9(16)7(2)12-11(19)13-8(5-6-15)10(17)18/h7-8,15H,4-6H2,1-3H3,(H,17,18)(H2,12,13,19). The van der Waals surface area contributed by atoms with Crippen LogP contribution in [0.5, 0.6) is 0 Å². The number of aliphatic hydroxyl groups is 1. The third-order valence-corrected chi connectivity index (χ3v) is 2.59. The number of nitrogens with zero attached hydrogens (tertiary/aromatic N) is 1. The Kier molecular flexibility index (Phi) is 7.50. The van der Waals surface area contributed by atoms with E-state index in [0.29, 0.717) is 6.54 Å². The Morgan fingerprint density at radius 2 is 1.84 bits per heavy atom. The molecule has 19 heavy (non-hydrogen) atoms. The molecule has 0 aliphatic rings. The lowest BCUT2D eigenvalue weighted by Gasteiger charge is -2.21. The lowest BCUT2D eigenvalue weighted by molar-refractivity contribution is -0.139. The Bertz CT molecular complexity index is 334. The monoisotopic (exact) mass is 275 g/mol. The maximum Gasteiger partial charge on any atom is 0.326 e. The van der Waals surface area contributed by atoms with Gasteiger partial charge in [-0.15, -0.1) is 0 Å². The van der Waals surface area contributed by atoms with Crippen molar-refractivity contribution in [1.29, 1.82) is 0 Å². The summed E-state index contributed by atoms with van der Waals surface area (Å²) >= 11 is 0. The second kappa shape index (κ2) is 8.30. The van der Waals surface area contributed by atoms with Crippen LogP contribution in [0.15, 0.2) is 0 Å². The minimum Gasteiger partial charge on any atom is -0.480 e. The van der Waals surface area contributed by atoms with Gasteiger partial charge in [-0.2, -0.15) is 0 Å². The van der Waals surface area contributed by atoms with Crippen molar-refractivity contribution in [3.05, 3.63) is 0 Å². The number of urea groups is 1. The van der Waals surface area contributed by atoms with Crippen LogP contribution in [0.1, 0.15) is 20.3 Å². The number of carbonyl (C=O) groups excluding carboxylic acids is 2. The summed E-state index contributed by atoms with van der Waals surface area (Å²) in [6, 6.07) is -2.70. The molecule has 0 aromatic rings. The van der Waals surface area contributed by atoms with Gasteiger partial charge in [-0.1, -0.05) is 0 Å². The molecule has 110 valence electrons. The van der Waals surface area contributed by atoms with Crippen molar-refractivity contribution in [1.82, 2.24) is 15.5 Å². The van der Waals surface area contributed by atoms with Gasteiger partial charge in [-0.05, 0) is 13.8 Å². The number of hydrogen-bond donors (Lipinski definition) is 4. The molecule has 0 spiro atoms. The first-order valence-corrected chi connectivity index (χ1v) is 5.99. The molecule has 4 N–H and O–H groups in total. The van der Waals surface area contributed by atoms with E-state index in [1.54, 1.807) is 14.0 Å². The fourth-order valence-corrected chi connectivity index (χ4v) is 1.33. The molecular formula is C11H21N3O5. The molecule has 0 saturated carbocycles. The average Bonchev–Trinajstić information content (AvgIpc) is 2.35. The van der Waals surface area contributed by atoms with Crippen LogP contribution < -0.4 is 10.6 Å². The number of aliphatic carboxylic acids is 1. The molecule has 0 fully saturated rings. The first-order chi connectivity index (χ1) is 8.83. The Hall–Kier alpha value is -1.83. The van der Waals surface area contributed by atoms with Gasteiger partial charge in [0, 0.05) is 26.6 Å². The quantitative estimate of drug-likeness (QED) is 0.474. The molecule has 0 saturated heterocycles. The maximum atomic E-state index is 11.7. The molecule has 0 aliphatic heterocycles. The van der Waals surface area contributed by atoms with Crippen LogP contribution >= 0.6 is 0 Å². The van der Waals surface area contributed by atoms with E-state index in [1.807, 2.05) is 0 Å². The van der Waals surface area contributed by atoms with Crippen LogP contribution in [0.4, 0.5) is 4.79 Å². The Morgan fingerprint density at radius 3 is 2.26 bits per heavy atom. The topological polar surface area (TPSA) is 119 Å². The zero-order chi connectivity index (χ0) is 15.0. The van der Waals surface area contributed by atoms with Gasteiger partial charge in [0.1, 0.15) is 12.1 Å². The predicted octanol–water partition coefficient (Wildman–Crippen LogP) is -1.01. The summed E-state index contributed by atoms with van der Waals surface area (Å²) in [6.45, 7) is 3.46. The van der Waals surface area contributed by atoms with Crippen molar-refractivity contribution >= 4 is 17.9 Å². The summed E-state index contributed by atoms with van der Waals surface area (Å²) in [5, 5.41) is 22.0. The molecule has 0 radical (unpaired) electrons. The van der Waals surface area contributed by atoms with Crippen LogP contribution in [0, 0.1) is 0 Å². The molecule has 2 unspecified atom stereocenters. The molecule has 0 aromatic heterocycles. The molecule has 0 aromatic carbocycles. The van der Waals surface area contributed by atoms with E-state index in [9.17, 15) is 14.4 Å². The number of carboxylic acid groups (broad SMARTS) is 1. The average molecular weight is 275 g/mol. The van der Waals surface area contributed by atoms with Gasteiger partial charge >= 0.3 is 12.0 Å². The Labute approximate surface area is 111 Å². The first-order valence-electron chi connectivity index (χ1n) is 5.99. The van der Waals surface area contributed by atoms with Crippen molar-refractivity contribution < 1.29 is 24.6 Å². The van der Waals surface area contributed by atoms with Crippen LogP contribution in [0.3, 0.4) is 0 Å². The van der Waals surface area contributed by atoms with E-state index in [-0.39, 0.29) is 18.9 Å². The van der Waals surface area contributed by atoms with E-state index in [4.69, 9.17) is 10.2 Å². The van der Waals surface area contributed by atoms with Crippen molar-refractivity contribution in [2.45, 2.75) is 32.4 Å². The summed E-state index contributed by atoms with van der Waals surface area (Å²) < 4.78 is 0. The Morgan fingerprint density at radius 1 is 1.26 bits per heavy atom. The highest BCUT2D eigenvalue weighted by Gasteiger charge is 2.22. The molecule has 8 nitrogen and oxygen atoms in total. The van der Waals surface area contributed by atoms with Crippen molar-refractivity contribution in [2.24, 2.45) is 0 Å². The van der Waals surface area contributed by atoms with Gasteiger partial charge in [-0.3, -0.25) is 4.79 Å². The summed E-state index contributed by atoms with van der Waals surface area (Å²) in [5.41, 5.74) is 0.